The van der Waals surface area contributed by atoms with Crippen molar-refractivity contribution in [2.75, 3.05) is 26.3 Å². The van der Waals surface area contributed by atoms with Gasteiger partial charge in [0.05, 0.1) is 11.0 Å². The molecule has 0 bridgehead atoms. The highest BCUT2D eigenvalue weighted by Crippen LogP contribution is 2.22. The summed E-state index contributed by atoms with van der Waals surface area (Å²) in [7, 11) is -3.54. The summed E-state index contributed by atoms with van der Waals surface area (Å²) < 4.78 is 38.0. The Kier molecular flexibility index (Phi) is 7.43. The number of rotatable bonds is 9. The molecule has 2 rings (SSSR count). The van der Waals surface area contributed by atoms with Crippen LogP contribution in [0.5, 0.6) is 5.75 Å². The van der Waals surface area contributed by atoms with Gasteiger partial charge in [-0.05, 0) is 49.4 Å². The van der Waals surface area contributed by atoms with E-state index in [4.69, 9.17) is 9.47 Å². The first-order chi connectivity index (χ1) is 12.3. The van der Waals surface area contributed by atoms with Gasteiger partial charge in [-0.3, -0.25) is 4.79 Å². The molecule has 0 radical (unpaired) electrons. The predicted molar refractivity (Wildman–Crippen MR) is 98.7 cm³/mol. The van der Waals surface area contributed by atoms with E-state index in [0.717, 1.165) is 19.4 Å². The van der Waals surface area contributed by atoms with Crippen molar-refractivity contribution in [1.82, 2.24) is 10.0 Å². The highest BCUT2D eigenvalue weighted by atomic mass is 32.2. The molecule has 7 nitrogen and oxygen atoms in total. The van der Waals surface area contributed by atoms with E-state index in [1.165, 1.54) is 6.07 Å². The topological polar surface area (TPSA) is 93.7 Å². The van der Waals surface area contributed by atoms with Gasteiger partial charge in [0.1, 0.15) is 5.75 Å². The normalized spacial score (nSPS) is 17.5. The van der Waals surface area contributed by atoms with Crippen molar-refractivity contribution in [2.24, 2.45) is 5.92 Å². The number of carbonyl (C=O) groups excluding carboxylic acids is 1. The first kappa shape index (κ1) is 20.7. The molecule has 0 saturated carbocycles. The van der Waals surface area contributed by atoms with E-state index in [9.17, 15) is 13.2 Å². The Morgan fingerprint density at radius 1 is 1.38 bits per heavy atom. The van der Waals surface area contributed by atoms with E-state index in [-0.39, 0.29) is 29.4 Å². The minimum atomic E-state index is -3.54. The van der Waals surface area contributed by atoms with E-state index in [0.29, 0.717) is 24.4 Å². The summed E-state index contributed by atoms with van der Waals surface area (Å²) in [5, 5.41) is 2.78. The number of carbonyl (C=O) groups is 1. The second-order valence-corrected chi connectivity index (χ2v) is 8.67. The maximum Gasteiger partial charge on any atom is 0.258 e. The lowest BCUT2D eigenvalue weighted by atomic mass is 10.2. The Morgan fingerprint density at radius 2 is 2.15 bits per heavy atom. The van der Waals surface area contributed by atoms with Crippen LogP contribution in [0.3, 0.4) is 0 Å². The molecule has 0 spiro atoms. The number of amides is 1. The molecular formula is C18H28N2O5S. The highest BCUT2D eigenvalue weighted by Gasteiger charge is 2.17. The molecule has 146 valence electrons. The molecule has 8 heteroatoms. The van der Waals surface area contributed by atoms with Gasteiger partial charge in [-0.2, -0.15) is 0 Å². The van der Waals surface area contributed by atoms with Gasteiger partial charge in [-0.25, -0.2) is 13.1 Å². The minimum Gasteiger partial charge on any atom is -0.484 e. The maximum absolute atomic E-state index is 12.2. The number of hydrogen-bond donors (Lipinski definition) is 2. The summed E-state index contributed by atoms with van der Waals surface area (Å²) in [6.07, 6.45) is 2.07. The van der Waals surface area contributed by atoms with Crippen LogP contribution >= 0.6 is 0 Å². The predicted octanol–water partition coefficient (Wildman–Crippen LogP) is 1.60. The molecule has 1 aliphatic rings. The van der Waals surface area contributed by atoms with Crippen molar-refractivity contribution < 1.29 is 22.7 Å². The van der Waals surface area contributed by atoms with Crippen LogP contribution in [0.25, 0.3) is 0 Å². The third-order valence-electron chi connectivity index (χ3n) is 4.05. The third kappa shape index (κ3) is 6.26. The van der Waals surface area contributed by atoms with Crippen LogP contribution in [0.4, 0.5) is 0 Å². The average Bonchev–Trinajstić information content (AvgIpc) is 3.10. The molecule has 0 aromatic heterocycles. The van der Waals surface area contributed by atoms with Crippen LogP contribution in [-0.4, -0.2) is 46.7 Å². The lowest BCUT2D eigenvalue weighted by Gasteiger charge is -2.13. The lowest BCUT2D eigenvalue weighted by Crippen LogP contribution is -2.35. The van der Waals surface area contributed by atoms with Crippen molar-refractivity contribution in [3.63, 3.8) is 0 Å². The zero-order chi connectivity index (χ0) is 19.2. The molecule has 1 amide bonds. The number of hydrogen-bond acceptors (Lipinski definition) is 5. The van der Waals surface area contributed by atoms with Crippen LogP contribution < -0.4 is 14.8 Å². The van der Waals surface area contributed by atoms with Gasteiger partial charge in [0.2, 0.25) is 10.0 Å². The van der Waals surface area contributed by atoms with Crippen LogP contribution in [0.1, 0.15) is 32.3 Å². The Labute approximate surface area is 155 Å². The summed E-state index contributed by atoms with van der Waals surface area (Å²) in [4.78, 5) is 12.0. The standard InChI is InChI=1S/C18H28N2O5S/c1-13(2)10-20-26(22,23)16-6-7-17(14(3)9-16)25-12-18(21)19-11-15-5-4-8-24-15/h6-7,9,13,15,20H,4-5,8,10-12H2,1-3H3,(H,19,21)/t15-/m0/s1. The second-order valence-electron chi connectivity index (χ2n) is 6.90. The van der Waals surface area contributed by atoms with Gasteiger partial charge in [0.25, 0.3) is 5.91 Å². The fourth-order valence-corrected chi connectivity index (χ4v) is 3.84. The van der Waals surface area contributed by atoms with Crippen molar-refractivity contribution in [3.05, 3.63) is 23.8 Å². The molecule has 1 fully saturated rings. The molecule has 1 heterocycles. The summed E-state index contributed by atoms with van der Waals surface area (Å²) in [6.45, 7) is 7.12. The molecule has 0 unspecified atom stereocenters. The maximum atomic E-state index is 12.2. The molecule has 0 aliphatic carbocycles. The fraction of sp³-hybridized carbons (Fsp3) is 0.611. The highest BCUT2D eigenvalue weighted by molar-refractivity contribution is 7.89. The first-order valence-corrected chi connectivity index (χ1v) is 10.4. The van der Waals surface area contributed by atoms with Crippen molar-refractivity contribution in [1.29, 1.82) is 0 Å². The summed E-state index contributed by atoms with van der Waals surface area (Å²) in [6, 6.07) is 4.60. The van der Waals surface area contributed by atoms with Gasteiger partial charge in [-0.15, -0.1) is 0 Å². The molecule has 1 aliphatic heterocycles. The Bertz CT molecular complexity index is 712. The Morgan fingerprint density at radius 3 is 2.77 bits per heavy atom. The van der Waals surface area contributed by atoms with Gasteiger partial charge in [-0.1, -0.05) is 13.8 Å². The van der Waals surface area contributed by atoms with Gasteiger partial charge < -0.3 is 14.8 Å². The average molecular weight is 384 g/mol. The number of benzene rings is 1. The minimum absolute atomic E-state index is 0.0866. The number of nitrogens with one attached hydrogen (secondary N) is 2. The summed E-state index contributed by atoms with van der Waals surface area (Å²) in [5.41, 5.74) is 0.657. The smallest absolute Gasteiger partial charge is 0.258 e. The third-order valence-corrected chi connectivity index (χ3v) is 5.47. The quantitative estimate of drug-likeness (QED) is 0.675. The fourth-order valence-electron chi connectivity index (χ4n) is 2.54. The zero-order valence-electron chi connectivity index (χ0n) is 15.6. The molecule has 1 aromatic carbocycles. The van der Waals surface area contributed by atoms with E-state index in [1.54, 1.807) is 19.1 Å². The molecule has 1 atom stereocenters. The Balaban J connectivity index is 1.87. The lowest BCUT2D eigenvalue weighted by molar-refractivity contribution is -0.123. The molecule has 1 aromatic rings. The monoisotopic (exact) mass is 384 g/mol. The van der Waals surface area contributed by atoms with E-state index in [1.807, 2.05) is 13.8 Å². The second kappa shape index (κ2) is 9.34. The molecule has 1 saturated heterocycles. The van der Waals surface area contributed by atoms with E-state index in [2.05, 4.69) is 10.0 Å². The Hall–Kier alpha value is -1.64. The number of sulfonamides is 1. The first-order valence-electron chi connectivity index (χ1n) is 8.89. The van der Waals surface area contributed by atoms with Crippen molar-refractivity contribution in [3.8, 4) is 5.75 Å². The van der Waals surface area contributed by atoms with E-state index < -0.39 is 10.0 Å². The zero-order valence-corrected chi connectivity index (χ0v) is 16.4. The molecule has 26 heavy (non-hydrogen) atoms. The van der Waals surface area contributed by atoms with Crippen LogP contribution in [-0.2, 0) is 19.6 Å². The summed E-state index contributed by atoms with van der Waals surface area (Å²) in [5.74, 6) is 0.483. The van der Waals surface area contributed by atoms with E-state index >= 15 is 0 Å². The SMILES string of the molecule is Cc1cc(S(=O)(=O)NCC(C)C)ccc1OCC(=O)NC[C@@H]1CCCO1. The van der Waals surface area contributed by atoms with Gasteiger partial charge in [0.15, 0.2) is 6.61 Å². The van der Waals surface area contributed by atoms with Gasteiger partial charge >= 0.3 is 0 Å². The summed E-state index contributed by atoms with van der Waals surface area (Å²) >= 11 is 0. The molecule has 2 N–H and O–H groups in total. The van der Waals surface area contributed by atoms with Crippen LogP contribution in [0, 0.1) is 12.8 Å². The van der Waals surface area contributed by atoms with Crippen molar-refractivity contribution in [2.45, 2.75) is 44.6 Å². The number of aryl methyl sites for hydroxylation is 1. The van der Waals surface area contributed by atoms with Gasteiger partial charge in [0, 0.05) is 19.7 Å². The number of ether oxygens (including phenoxy) is 2. The van der Waals surface area contributed by atoms with Crippen molar-refractivity contribution >= 4 is 15.9 Å². The largest absolute Gasteiger partial charge is 0.484 e. The van der Waals surface area contributed by atoms with Crippen LogP contribution in [0.15, 0.2) is 23.1 Å². The molecular weight excluding hydrogens is 356 g/mol. The van der Waals surface area contributed by atoms with Crippen LogP contribution in [0.2, 0.25) is 0 Å².